The van der Waals surface area contributed by atoms with E-state index in [0.29, 0.717) is 6.42 Å². The number of amides is 5. The number of ketones is 1. The number of carbonyl (C=O) groups is 6. The molecule has 0 bridgehead atoms. The zero-order valence-electron chi connectivity index (χ0n) is 23.3. The van der Waals surface area contributed by atoms with Gasteiger partial charge in [0.1, 0.15) is 12.1 Å². The van der Waals surface area contributed by atoms with Crippen molar-refractivity contribution >= 4 is 58.7 Å². The lowest BCUT2D eigenvalue weighted by atomic mass is 9.96. The number of fused-ring (bicyclic) bond motifs is 1. The Hall–Kier alpha value is -3.38. The molecule has 5 amide bonds. The van der Waals surface area contributed by atoms with Gasteiger partial charge in [0.2, 0.25) is 11.8 Å². The molecule has 42 heavy (non-hydrogen) atoms. The average Bonchev–Trinajstić information content (AvgIpc) is 3.08. The molecule has 1 aromatic rings. The Bertz CT molecular complexity index is 1220. The third kappa shape index (κ3) is 7.52. The molecule has 14 heteroatoms. The van der Waals surface area contributed by atoms with Crippen molar-refractivity contribution < 1.29 is 33.5 Å². The number of rotatable bonds is 8. The molecule has 0 aromatic heterocycles. The number of carbonyl (C=O) groups excluding carboxylic acids is 6. The van der Waals surface area contributed by atoms with Crippen LogP contribution in [0.15, 0.2) is 18.2 Å². The molecule has 3 N–H and O–H groups in total. The summed E-state index contributed by atoms with van der Waals surface area (Å²) in [6, 6.07) is 0.891. The topological polar surface area (TPSA) is 154 Å². The van der Waals surface area contributed by atoms with Crippen LogP contribution in [0.5, 0.6) is 0 Å². The first-order valence-electron chi connectivity index (χ1n) is 14.2. The molecule has 2 saturated heterocycles. The van der Waals surface area contributed by atoms with Gasteiger partial charge in [0.15, 0.2) is 12.4 Å². The maximum absolute atomic E-state index is 13.6. The molecule has 3 atom stereocenters. The second-order valence-electron chi connectivity index (χ2n) is 10.8. The van der Waals surface area contributed by atoms with Crippen LogP contribution in [0, 0.1) is 0 Å². The third-order valence-corrected chi connectivity index (χ3v) is 8.39. The predicted octanol–water partition coefficient (Wildman–Crippen LogP) is 2.75. The summed E-state index contributed by atoms with van der Waals surface area (Å²) in [5.74, 6) is -3.03. The summed E-state index contributed by atoms with van der Waals surface area (Å²) in [5, 5.41) is 10.7. The first-order valence-corrected chi connectivity index (χ1v) is 15.0. The number of ether oxygens (including phenoxy) is 1. The molecule has 0 spiro atoms. The van der Waals surface area contributed by atoms with Crippen molar-refractivity contribution in [2.45, 2.75) is 88.9 Å². The molecule has 4 rings (SSSR count). The SMILES string of the molecule is C[C@H](NC(=O)[C@@H]1CCCN2C(=O)CC[C@H](NC(=O)NC3CCCCC3)C(=O)N12)C(=O)COC(=O)c1c(Cl)cccc1Cl. The number of nitrogens with one attached hydrogen (secondary N) is 3. The summed E-state index contributed by atoms with van der Waals surface area (Å²) in [5.41, 5.74) is -0.0763. The Morgan fingerprint density at radius 3 is 2.36 bits per heavy atom. The minimum atomic E-state index is -1.07. The number of hydrogen-bond donors (Lipinski definition) is 3. The smallest absolute Gasteiger partial charge is 0.341 e. The molecular formula is C28H35Cl2N5O7. The van der Waals surface area contributed by atoms with Gasteiger partial charge in [-0.05, 0) is 51.2 Å². The van der Waals surface area contributed by atoms with Gasteiger partial charge in [-0.25, -0.2) is 14.6 Å². The van der Waals surface area contributed by atoms with Gasteiger partial charge in [-0.3, -0.25) is 24.2 Å². The van der Waals surface area contributed by atoms with E-state index in [1.807, 2.05) is 0 Å². The lowest BCUT2D eigenvalue weighted by Crippen LogP contribution is -2.64. The van der Waals surface area contributed by atoms with E-state index >= 15 is 0 Å². The molecule has 1 aromatic carbocycles. The highest BCUT2D eigenvalue weighted by Crippen LogP contribution is 2.26. The average molecular weight is 625 g/mol. The largest absolute Gasteiger partial charge is 0.454 e. The van der Waals surface area contributed by atoms with Crippen molar-refractivity contribution in [2.24, 2.45) is 0 Å². The zero-order valence-corrected chi connectivity index (χ0v) is 24.8. The van der Waals surface area contributed by atoms with Gasteiger partial charge >= 0.3 is 12.0 Å². The van der Waals surface area contributed by atoms with Gasteiger partial charge in [0.05, 0.1) is 21.7 Å². The minimum absolute atomic E-state index is 0.0284. The fourth-order valence-electron chi connectivity index (χ4n) is 5.46. The fraction of sp³-hybridized carbons (Fsp3) is 0.571. The summed E-state index contributed by atoms with van der Waals surface area (Å²) >= 11 is 12.0. The van der Waals surface area contributed by atoms with Gasteiger partial charge in [0.25, 0.3) is 5.91 Å². The number of hydrazine groups is 1. The van der Waals surface area contributed by atoms with Crippen molar-refractivity contribution in [3.05, 3.63) is 33.8 Å². The van der Waals surface area contributed by atoms with Crippen LogP contribution in [0.3, 0.4) is 0 Å². The molecule has 2 heterocycles. The van der Waals surface area contributed by atoms with Gasteiger partial charge < -0.3 is 20.7 Å². The lowest BCUT2D eigenvalue weighted by Gasteiger charge is -2.43. The maximum Gasteiger partial charge on any atom is 0.341 e. The summed E-state index contributed by atoms with van der Waals surface area (Å²) in [6.45, 7) is 1.03. The van der Waals surface area contributed by atoms with Crippen LogP contribution in [0.4, 0.5) is 4.79 Å². The highest BCUT2D eigenvalue weighted by Gasteiger charge is 2.45. The highest BCUT2D eigenvalue weighted by atomic mass is 35.5. The summed E-state index contributed by atoms with van der Waals surface area (Å²) < 4.78 is 5.07. The van der Waals surface area contributed by atoms with E-state index in [2.05, 4.69) is 16.0 Å². The molecular weight excluding hydrogens is 589 g/mol. The van der Waals surface area contributed by atoms with Crippen molar-refractivity contribution in [3.8, 4) is 0 Å². The van der Waals surface area contributed by atoms with Gasteiger partial charge in [-0.2, -0.15) is 0 Å². The Kier molecular flexibility index (Phi) is 10.7. The number of benzene rings is 1. The molecule has 3 fully saturated rings. The fourth-order valence-corrected chi connectivity index (χ4v) is 6.01. The monoisotopic (exact) mass is 623 g/mol. The summed E-state index contributed by atoms with van der Waals surface area (Å²) in [7, 11) is 0. The van der Waals surface area contributed by atoms with Gasteiger partial charge in [0, 0.05) is 19.0 Å². The summed E-state index contributed by atoms with van der Waals surface area (Å²) in [6.07, 6.45) is 5.78. The van der Waals surface area contributed by atoms with Crippen LogP contribution in [0.25, 0.3) is 0 Å². The van der Waals surface area contributed by atoms with Crippen molar-refractivity contribution in [2.75, 3.05) is 13.2 Å². The van der Waals surface area contributed by atoms with E-state index in [1.54, 1.807) is 6.07 Å². The van der Waals surface area contributed by atoms with E-state index in [9.17, 15) is 28.8 Å². The zero-order chi connectivity index (χ0) is 30.4. The second kappa shape index (κ2) is 14.2. The quantitative estimate of drug-likeness (QED) is 0.376. The number of Topliss-reactive ketones (excluding diaryl/α,β-unsaturated/α-hetero) is 1. The molecule has 12 nitrogen and oxygen atoms in total. The van der Waals surface area contributed by atoms with Crippen molar-refractivity contribution in [1.29, 1.82) is 0 Å². The van der Waals surface area contributed by atoms with Gasteiger partial charge in [-0.1, -0.05) is 48.5 Å². The standard InChI is InChI=1S/C28H35Cl2N5O7/c1-16(22(36)15-42-27(40)24-18(29)9-5-10-19(24)30)31-25(38)21-11-6-14-34-23(37)13-12-20(26(39)35(21)34)33-28(41)32-17-7-3-2-4-8-17/h5,9-10,16-17,20-21H,2-4,6-8,11-15H2,1H3,(H,31,38)(H2,32,33,41)/t16-,20-,21-/m0/s1. The lowest BCUT2D eigenvalue weighted by molar-refractivity contribution is -0.176. The number of hydrogen-bond acceptors (Lipinski definition) is 7. The predicted molar refractivity (Wildman–Crippen MR) is 152 cm³/mol. The highest BCUT2D eigenvalue weighted by molar-refractivity contribution is 6.39. The molecule has 0 unspecified atom stereocenters. The van der Waals surface area contributed by atoms with Crippen LogP contribution >= 0.6 is 23.2 Å². The number of nitrogens with zero attached hydrogens (tertiary/aromatic N) is 2. The van der Waals surface area contributed by atoms with Crippen molar-refractivity contribution in [3.63, 3.8) is 0 Å². The number of halogens is 2. The Morgan fingerprint density at radius 1 is 0.976 bits per heavy atom. The van der Waals surface area contributed by atoms with Crippen molar-refractivity contribution in [1.82, 2.24) is 26.0 Å². The van der Waals surface area contributed by atoms with Crippen LogP contribution < -0.4 is 16.0 Å². The Labute approximate surface area is 253 Å². The molecule has 228 valence electrons. The first-order chi connectivity index (χ1) is 20.1. The third-order valence-electron chi connectivity index (χ3n) is 7.76. The van der Waals surface area contributed by atoms with E-state index in [4.69, 9.17) is 27.9 Å². The Balaban J connectivity index is 1.37. The van der Waals surface area contributed by atoms with Crippen LogP contribution in [0.2, 0.25) is 10.0 Å². The van der Waals surface area contributed by atoms with Crippen LogP contribution in [-0.2, 0) is 23.9 Å². The summed E-state index contributed by atoms with van der Waals surface area (Å²) in [4.78, 5) is 77.7. The van der Waals surface area contributed by atoms with E-state index in [-0.39, 0.29) is 53.4 Å². The Morgan fingerprint density at radius 2 is 1.67 bits per heavy atom. The molecule has 0 radical (unpaired) electrons. The molecule has 1 saturated carbocycles. The normalized spacial score (nSPS) is 22.0. The van der Waals surface area contributed by atoms with E-state index < -0.39 is 54.3 Å². The molecule has 2 aliphatic heterocycles. The number of esters is 1. The van der Waals surface area contributed by atoms with Crippen LogP contribution in [0.1, 0.15) is 75.1 Å². The first kappa shape index (κ1) is 31.6. The second-order valence-corrected chi connectivity index (χ2v) is 11.6. The van der Waals surface area contributed by atoms with Gasteiger partial charge in [-0.15, -0.1) is 0 Å². The maximum atomic E-state index is 13.6. The minimum Gasteiger partial charge on any atom is -0.454 e. The molecule has 3 aliphatic rings. The molecule has 1 aliphatic carbocycles. The van der Waals surface area contributed by atoms with E-state index in [1.165, 1.54) is 24.1 Å². The van der Waals surface area contributed by atoms with E-state index in [0.717, 1.165) is 37.1 Å². The number of urea groups is 1. The van der Waals surface area contributed by atoms with Crippen LogP contribution in [-0.4, -0.2) is 82.8 Å².